The van der Waals surface area contributed by atoms with Crippen LogP contribution in [-0.4, -0.2) is 38.1 Å². The predicted molar refractivity (Wildman–Crippen MR) is 112 cm³/mol. The number of amides is 2. The van der Waals surface area contributed by atoms with Gasteiger partial charge in [0.1, 0.15) is 0 Å². The molecule has 1 heterocycles. The number of nitrogens with zero attached hydrogens (tertiary/aromatic N) is 1. The molecule has 0 fully saturated rings. The molecule has 1 aliphatic heterocycles. The van der Waals surface area contributed by atoms with E-state index in [4.69, 9.17) is 17.3 Å². The summed E-state index contributed by atoms with van der Waals surface area (Å²) < 4.78 is 25.5. The molecule has 3 rings (SSSR count). The van der Waals surface area contributed by atoms with Crippen molar-refractivity contribution in [1.82, 2.24) is 5.32 Å². The lowest BCUT2D eigenvalue weighted by Gasteiger charge is -2.24. The van der Waals surface area contributed by atoms with Gasteiger partial charge in [-0.1, -0.05) is 23.7 Å². The summed E-state index contributed by atoms with van der Waals surface area (Å²) in [7, 11) is -3.80. The van der Waals surface area contributed by atoms with E-state index in [0.717, 1.165) is 5.56 Å². The highest BCUT2D eigenvalue weighted by Crippen LogP contribution is 2.32. The first-order valence-corrected chi connectivity index (χ1v) is 11.1. The van der Waals surface area contributed by atoms with Crippen molar-refractivity contribution in [2.75, 3.05) is 10.7 Å². The van der Waals surface area contributed by atoms with E-state index in [-0.39, 0.29) is 34.6 Å². The van der Waals surface area contributed by atoms with Crippen molar-refractivity contribution in [3.8, 4) is 0 Å². The van der Waals surface area contributed by atoms with Crippen LogP contribution in [0, 0.1) is 0 Å². The number of carbonyl (C=O) groups excluding carboxylic acids is 2. The SMILES string of the molecule is CC(C)NC(=O)c1ccc2c(c1)N(Cc1ccc(Cl)cc1)C(=O)[C@@H](N)CS2(=O)=O. The highest BCUT2D eigenvalue weighted by molar-refractivity contribution is 7.91. The molecule has 0 bridgehead atoms. The van der Waals surface area contributed by atoms with Crippen LogP contribution in [0.4, 0.5) is 5.69 Å². The Labute approximate surface area is 174 Å². The predicted octanol–water partition coefficient (Wildman–Crippen LogP) is 2.13. The van der Waals surface area contributed by atoms with Gasteiger partial charge < -0.3 is 16.0 Å². The van der Waals surface area contributed by atoms with Gasteiger partial charge in [-0.05, 0) is 49.7 Å². The molecule has 7 nitrogen and oxygen atoms in total. The third-order valence-corrected chi connectivity index (χ3v) is 6.57. The minimum atomic E-state index is -3.80. The molecule has 1 atom stereocenters. The molecular formula is C20H22ClN3O4S. The van der Waals surface area contributed by atoms with Crippen LogP contribution in [0.2, 0.25) is 5.02 Å². The maximum atomic E-state index is 12.9. The molecule has 1 aliphatic rings. The average Bonchev–Trinajstić information content (AvgIpc) is 2.71. The van der Waals surface area contributed by atoms with Gasteiger partial charge in [0.25, 0.3) is 5.91 Å². The van der Waals surface area contributed by atoms with Gasteiger partial charge >= 0.3 is 0 Å². The number of halogens is 1. The van der Waals surface area contributed by atoms with Crippen molar-refractivity contribution in [2.45, 2.75) is 37.4 Å². The maximum Gasteiger partial charge on any atom is 0.251 e. The van der Waals surface area contributed by atoms with Crippen molar-refractivity contribution in [1.29, 1.82) is 0 Å². The molecule has 9 heteroatoms. The molecule has 2 aromatic carbocycles. The summed E-state index contributed by atoms with van der Waals surface area (Å²) in [6.07, 6.45) is 0. The van der Waals surface area contributed by atoms with Crippen molar-refractivity contribution < 1.29 is 18.0 Å². The van der Waals surface area contributed by atoms with Crippen molar-refractivity contribution >= 4 is 38.9 Å². The zero-order valence-electron chi connectivity index (χ0n) is 16.1. The van der Waals surface area contributed by atoms with Gasteiger partial charge in [0.15, 0.2) is 9.84 Å². The Morgan fingerprint density at radius 1 is 1.24 bits per heavy atom. The number of rotatable bonds is 4. The molecule has 0 aromatic heterocycles. The van der Waals surface area contributed by atoms with Crippen molar-refractivity contribution in [3.63, 3.8) is 0 Å². The second-order valence-corrected chi connectivity index (χ2v) is 9.69. The zero-order valence-corrected chi connectivity index (χ0v) is 17.6. The Morgan fingerprint density at radius 3 is 2.52 bits per heavy atom. The molecular weight excluding hydrogens is 414 g/mol. The van der Waals surface area contributed by atoms with E-state index in [2.05, 4.69) is 5.32 Å². The number of benzene rings is 2. The van der Waals surface area contributed by atoms with Gasteiger partial charge in [-0.2, -0.15) is 0 Å². The van der Waals surface area contributed by atoms with Gasteiger partial charge in [0, 0.05) is 16.6 Å². The minimum absolute atomic E-state index is 0.0196. The lowest BCUT2D eigenvalue weighted by molar-refractivity contribution is -0.119. The normalized spacial score (nSPS) is 18.3. The van der Waals surface area contributed by atoms with Crippen LogP contribution in [0.1, 0.15) is 29.8 Å². The van der Waals surface area contributed by atoms with Crippen LogP contribution in [0.3, 0.4) is 0 Å². The van der Waals surface area contributed by atoms with E-state index in [1.807, 2.05) is 13.8 Å². The van der Waals surface area contributed by atoms with E-state index in [1.165, 1.54) is 23.1 Å². The van der Waals surface area contributed by atoms with Crippen molar-refractivity contribution in [2.24, 2.45) is 5.73 Å². The molecule has 0 aliphatic carbocycles. The number of fused-ring (bicyclic) bond motifs is 1. The molecule has 0 saturated heterocycles. The van der Waals surface area contributed by atoms with Gasteiger partial charge in [-0.25, -0.2) is 8.42 Å². The summed E-state index contributed by atoms with van der Waals surface area (Å²) in [4.78, 5) is 26.7. The third-order valence-electron chi connectivity index (χ3n) is 4.50. The molecule has 0 radical (unpaired) electrons. The summed E-state index contributed by atoms with van der Waals surface area (Å²) >= 11 is 5.92. The largest absolute Gasteiger partial charge is 0.350 e. The van der Waals surface area contributed by atoms with E-state index >= 15 is 0 Å². The standard InChI is InChI=1S/C20H22ClN3O4S/c1-12(2)23-19(25)14-5-8-18-17(9-14)24(10-13-3-6-15(21)7-4-13)20(26)16(22)11-29(18,27)28/h3-9,12,16H,10-11,22H2,1-2H3,(H,23,25)/t16-/m0/s1. The fourth-order valence-corrected chi connectivity index (χ4v) is 4.81. The summed E-state index contributed by atoms with van der Waals surface area (Å²) in [5.74, 6) is -1.37. The Balaban J connectivity index is 2.12. The topological polar surface area (TPSA) is 110 Å². The number of hydrogen-bond donors (Lipinski definition) is 2. The van der Waals surface area contributed by atoms with E-state index in [1.54, 1.807) is 24.3 Å². The summed E-state index contributed by atoms with van der Waals surface area (Å²) in [6, 6.07) is 9.79. The molecule has 0 unspecified atom stereocenters. The summed E-state index contributed by atoms with van der Waals surface area (Å²) in [5.41, 5.74) is 7.05. The number of carbonyl (C=O) groups is 2. The first-order chi connectivity index (χ1) is 13.6. The number of nitrogens with one attached hydrogen (secondary N) is 1. The fraction of sp³-hybridized carbons (Fsp3) is 0.300. The molecule has 0 saturated carbocycles. The fourth-order valence-electron chi connectivity index (χ4n) is 3.13. The second-order valence-electron chi connectivity index (χ2n) is 7.25. The average molecular weight is 436 g/mol. The van der Waals surface area contributed by atoms with Crippen LogP contribution in [0.15, 0.2) is 47.4 Å². The van der Waals surface area contributed by atoms with Crippen LogP contribution in [0.25, 0.3) is 0 Å². The molecule has 154 valence electrons. The van der Waals surface area contributed by atoms with E-state index in [0.29, 0.717) is 5.02 Å². The first-order valence-electron chi connectivity index (χ1n) is 9.07. The van der Waals surface area contributed by atoms with E-state index in [9.17, 15) is 18.0 Å². The zero-order chi connectivity index (χ0) is 21.3. The lowest BCUT2D eigenvalue weighted by Crippen LogP contribution is -2.45. The van der Waals surface area contributed by atoms with Crippen LogP contribution < -0.4 is 16.0 Å². The lowest BCUT2D eigenvalue weighted by atomic mass is 10.1. The third kappa shape index (κ3) is 4.60. The van der Waals surface area contributed by atoms with Gasteiger partial charge in [0.05, 0.1) is 28.9 Å². The maximum absolute atomic E-state index is 12.9. The smallest absolute Gasteiger partial charge is 0.251 e. The van der Waals surface area contributed by atoms with Crippen LogP contribution >= 0.6 is 11.6 Å². The molecule has 3 N–H and O–H groups in total. The van der Waals surface area contributed by atoms with Gasteiger partial charge in [0.2, 0.25) is 5.91 Å². The second kappa shape index (κ2) is 8.14. The molecule has 2 aromatic rings. The van der Waals surface area contributed by atoms with E-state index < -0.39 is 27.5 Å². The quantitative estimate of drug-likeness (QED) is 0.764. The number of nitrogens with two attached hydrogens (primary N) is 1. The van der Waals surface area contributed by atoms with Crippen molar-refractivity contribution in [3.05, 3.63) is 58.6 Å². The first kappa shape index (κ1) is 21.3. The monoisotopic (exact) mass is 435 g/mol. The Hall–Kier alpha value is -2.42. The molecule has 29 heavy (non-hydrogen) atoms. The number of hydrogen-bond acceptors (Lipinski definition) is 5. The summed E-state index contributed by atoms with van der Waals surface area (Å²) in [5, 5.41) is 3.31. The van der Waals surface area contributed by atoms with Crippen LogP contribution in [-0.2, 0) is 21.2 Å². The Morgan fingerprint density at radius 2 is 1.90 bits per heavy atom. The summed E-state index contributed by atoms with van der Waals surface area (Å²) in [6.45, 7) is 3.74. The molecule has 2 amide bonds. The highest BCUT2D eigenvalue weighted by atomic mass is 35.5. The van der Waals surface area contributed by atoms with Gasteiger partial charge in [-0.15, -0.1) is 0 Å². The number of anilines is 1. The van der Waals surface area contributed by atoms with Gasteiger partial charge in [-0.3, -0.25) is 9.59 Å². The number of sulfone groups is 1. The van der Waals surface area contributed by atoms with Crippen LogP contribution in [0.5, 0.6) is 0 Å². The highest BCUT2D eigenvalue weighted by Gasteiger charge is 2.36. The molecule has 0 spiro atoms. The Kier molecular flexibility index (Phi) is 5.97. The minimum Gasteiger partial charge on any atom is -0.350 e. The Bertz CT molecular complexity index is 1050.